The lowest BCUT2D eigenvalue weighted by molar-refractivity contribution is 0.0593. The average molecular weight is 322 g/mol. The first-order chi connectivity index (χ1) is 11.8. The minimum atomic E-state index is -0.443. The number of carbonyl (C=O) groups is 1. The standard InChI is InChI=1S/C18H18N4O2/c1-24-18(23)17-11-12-22(21-17)16-9-7-14(8-10-16)13-19-20-15-5-3-2-4-6-15/h2-12,19-20H,13H2,1H3. The Bertz CT molecular complexity index is 797. The fourth-order valence-electron chi connectivity index (χ4n) is 2.22. The van der Waals surface area contributed by atoms with Gasteiger partial charge in [-0.2, -0.15) is 5.10 Å². The summed E-state index contributed by atoms with van der Waals surface area (Å²) in [6.07, 6.45) is 1.73. The van der Waals surface area contributed by atoms with E-state index in [0.29, 0.717) is 6.54 Å². The Hall–Kier alpha value is -3.12. The van der Waals surface area contributed by atoms with Crippen LogP contribution in [0.25, 0.3) is 5.69 Å². The van der Waals surface area contributed by atoms with Crippen molar-refractivity contribution in [1.29, 1.82) is 0 Å². The minimum absolute atomic E-state index is 0.287. The number of carbonyl (C=O) groups excluding carboxylic acids is 1. The van der Waals surface area contributed by atoms with Gasteiger partial charge in [0, 0.05) is 18.4 Å². The van der Waals surface area contributed by atoms with Crippen molar-refractivity contribution in [3.63, 3.8) is 0 Å². The normalized spacial score (nSPS) is 10.4. The Morgan fingerprint density at radius 2 is 1.83 bits per heavy atom. The van der Waals surface area contributed by atoms with Crippen LogP contribution in [0.5, 0.6) is 0 Å². The van der Waals surface area contributed by atoms with E-state index in [0.717, 1.165) is 16.9 Å². The fourth-order valence-corrected chi connectivity index (χ4v) is 2.22. The number of esters is 1. The molecule has 122 valence electrons. The zero-order valence-corrected chi connectivity index (χ0v) is 13.3. The number of hydrogen-bond donors (Lipinski definition) is 2. The summed E-state index contributed by atoms with van der Waals surface area (Å²) in [4.78, 5) is 11.4. The Morgan fingerprint density at radius 1 is 1.08 bits per heavy atom. The molecule has 1 aromatic heterocycles. The van der Waals surface area contributed by atoms with Gasteiger partial charge in [-0.15, -0.1) is 0 Å². The number of methoxy groups -OCH3 is 1. The molecule has 0 fully saturated rings. The SMILES string of the molecule is COC(=O)c1ccn(-c2ccc(CNNc3ccccc3)cc2)n1. The van der Waals surface area contributed by atoms with Crippen molar-refractivity contribution in [2.24, 2.45) is 0 Å². The first kappa shape index (κ1) is 15.8. The zero-order valence-electron chi connectivity index (χ0n) is 13.3. The van der Waals surface area contributed by atoms with Crippen LogP contribution in [0.1, 0.15) is 16.1 Å². The van der Waals surface area contributed by atoms with Gasteiger partial charge in [0.1, 0.15) is 0 Å². The van der Waals surface area contributed by atoms with Gasteiger partial charge in [0.15, 0.2) is 5.69 Å². The Morgan fingerprint density at radius 3 is 2.54 bits per heavy atom. The van der Waals surface area contributed by atoms with Crippen molar-refractivity contribution in [2.45, 2.75) is 6.54 Å². The lowest BCUT2D eigenvalue weighted by atomic mass is 10.2. The lowest BCUT2D eigenvalue weighted by Crippen LogP contribution is -2.20. The maximum Gasteiger partial charge on any atom is 0.358 e. The summed E-state index contributed by atoms with van der Waals surface area (Å²) >= 11 is 0. The van der Waals surface area contributed by atoms with Crippen LogP contribution >= 0.6 is 0 Å². The highest BCUT2D eigenvalue weighted by molar-refractivity contribution is 5.86. The number of ether oxygens (including phenoxy) is 1. The van der Waals surface area contributed by atoms with Crippen LogP contribution in [0.4, 0.5) is 5.69 Å². The van der Waals surface area contributed by atoms with E-state index in [-0.39, 0.29) is 5.69 Å². The number of nitrogens with one attached hydrogen (secondary N) is 2. The summed E-state index contributed by atoms with van der Waals surface area (Å²) in [5.74, 6) is -0.443. The van der Waals surface area contributed by atoms with Crippen LogP contribution < -0.4 is 10.9 Å². The molecule has 0 radical (unpaired) electrons. The van der Waals surface area contributed by atoms with Crippen LogP contribution in [0, 0.1) is 0 Å². The average Bonchev–Trinajstić information content (AvgIpc) is 3.13. The quantitative estimate of drug-likeness (QED) is 0.539. The number of hydrogen-bond acceptors (Lipinski definition) is 5. The van der Waals surface area contributed by atoms with E-state index in [4.69, 9.17) is 0 Å². The van der Waals surface area contributed by atoms with Crippen LogP contribution in [0.15, 0.2) is 66.9 Å². The number of aromatic nitrogens is 2. The molecule has 2 N–H and O–H groups in total. The summed E-state index contributed by atoms with van der Waals surface area (Å²) in [5, 5.41) is 4.20. The van der Waals surface area contributed by atoms with E-state index in [1.54, 1.807) is 16.9 Å². The van der Waals surface area contributed by atoms with Crippen LogP contribution in [-0.2, 0) is 11.3 Å². The van der Waals surface area contributed by atoms with Crippen molar-refractivity contribution >= 4 is 11.7 Å². The summed E-state index contributed by atoms with van der Waals surface area (Å²) in [6.45, 7) is 0.682. The third-order valence-corrected chi connectivity index (χ3v) is 3.48. The van der Waals surface area contributed by atoms with Crippen molar-refractivity contribution in [2.75, 3.05) is 12.5 Å². The van der Waals surface area contributed by atoms with Gasteiger partial charge in [-0.05, 0) is 35.9 Å². The van der Waals surface area contributed by atoms with Crippen molar-refractivity contribution in [3.05, 3.63) is 78.1 Å². The first-order valence-electron chi connectivity index (χ1n) is 7.53. The zero-order chi connectivity index (χ0) is 16.8. The number of benzene rings is 2. The monoisotopic (exact) mass is 322 g/mol. The second-order valence-electron chi connectivity index (χ2n) is 5.15. The van der Waals surface area contributed by atoms with Crippen molar-refractivity contribution in [3.8, 4) is 5.69 Å². The highest BCUT2D eigenvalue weighted by Crippen LogP contribution is 2.10. The third-order valence-electron chi connectivity index (χ3n) is 3.48. The van der Waals surface area contributed by atoms with E-state index >= 15 is 0 Å². The fraction of sp³-hybridized carbons (Fsp3) is 0.111. The van der Waals surface area contributed by atoms with Crippen molar-refractivity contribution < 1.29 is 9.53 Å². The predicted molar refractivity (Wildman–Crippen MR) is 91.8 cm³/mol. The predicted octanol–water partition coefficient (Wildman–Crippen LogP) is 2.78. The summed E-state index contributed by atoms with van der Waals surface area (Å²) < 4.78 is 6.30. The van der Waals surface area contributed by atoms with E-state index in [2.05, 4.69) is 20.7 Å². The number of para-hydroxylation sites is 1. The van der Waals surface area contributed by atoms with Crippen LogP contribution in [0.2, 0.25) is 0 Å². The molecule has 0 aliphatic heterocycles. The number of nitrogens with zero attached hydrogens (tertiary/aromatic N) is 2. The molecule has 0 aliphatic carbocycles. The molecule has 0 saturated carbocycles. The summed E-state index contributed by atoms with van der Waals surface area (Å²) in [6, 6.07) is 19.5. The number of hydrazine groups is 1. The molecular weight excluding hydrogens is 304 g/mol. The molecule has 0 amide bonds. The Kier molecular flexibility index (Phi) is 4.88. The Labute approximate surface area is 140 Å². The van der Waals surface area contributed by atoms with Gasteiger partial charge >= 0.3 is 5.97 Å². The van der Waals surface area contributed by atoms with Crippen LogP contribution in [-0.4, -0.2) is 22.9 Å². The van der Waals surface area contributed by atoms with E-state index in [1.807, 2.05) is 54.6 Å². The molecule has 6 nitrogen and oxygen atoms in total. The Balaban J connectivity index is 1.59. The van der Waals surface area contributed by atoms with Gasteiger partial charge in [-0.25, -0.2) is 14.9 Å². The first-order valence-corrected chi connectivity index (χ1v) is 7.53. The third kappa shape index (κ3) is 3.80. The van der Waals surface area contributed by atoms with Gasteiger partial charge in [0.2, 0.25) is 0 Å². The lowest BCUT2D eigenvalue weighted by Gasteiger charge is -2.09. The van der Waals surface area contributed by atoms with Gasteiger partial charge < -0.3 is 10.2 Å². The smallest absolute Gasteiger partial charge is 0.358 e. The molecule has 0 unspecified atom stereocenters. The molecule has 2 aromatic carbocycles. The van der Waals surface area contributed by atoms with Gasteiger partial charge in [-0.3, -0.25) is 0 Å². The molecule has 0 saturated heterocycles. The van der Waals surface area contributed by atoms with Gasteiger partial charge in [-0.1, -0.05) is 30.3 Å². The summed E-state index contributed by atoms with van der Waals surface area (Å²) in [5.41, 5.74) is 9.62. The number of rotatable bonds is 6. The molecule has 1 heterocycles. The maximum absolute atomic E-state index is 11.4. The highest BCUT2D eigenvalue weighted by Gasteiger charge is 2.09. The second kappa shape index (κ2) is 7.43. The molecule has 24 heavy (non-hydrogen) atoms. The molecular formula is C18H18N4O2. The molecule has 6 heteroatoms. The molecule has 0 spiro atoms. The molecule has 3 aromatic rings. The van der Waals surface area contributed by atoms with Gasteiger partial charge in [0.05, 0.1) is 12.8 Å². The molecule has 0 aliphatic rings. The number of anilines is 1. The van der Waals surface area contributed by atoms with Gasteiger partial charge in [0.25, 0.3) is 0 Å². The largest absolute Gasteiger partial charge is 0.464 e. The van der Waals surface area contributed by atoms with E-state index < -0.39 is 5.97 Å². The molecule has 0 atom stereocenters. The molecule has 3 rings (SSSR count). The minimum Gasteiger partial charge on any atom is -0.464 e. The summed E-state index contributed by atoms with van der Waals surface area (Å²) in [7, 11) is 1.34. The van der Waals surface area contributed by atoms with Crippen molar-refractivity contribution in [1.82, 2.24) is 15.2 Å². The topological polar surface area (TPSA) is 68.2 Å². The van der Waals surface area contributed by atoms with E-state index in [9.17, 15) is 4.79 Å². The molecule has 0 bridgehead atoms. The van der Waals surface area contributed by atoms with Crippen LogP contribution in [0.3, 0.4) is 0 Å². The van der Waals surface area contributed by atoms with E-state index in [1.165, 1.54) is 7.11 Å². The maximum atomic E-state index is 11.4. The highest BCUT2D eigenvalue weighted by atomic mass is 16.5. The second-order valence-corrected chi connectivity index (χ2v) is 5.15.